The van der Waals surface area contributed by atoms with Gasteiger partial charge in [0.15, 0.2) is 0 Å². The van der Waals surface area contributed by atoms with Crippen molar-refractivity contribution in [3.05, 3.63) is 77.3 Å². The Morgan fingerprint density at radius 2 is 1.32 bits per heavy atom. The van der Waals surface area contributed by atoms with Gasteiger partial charge in [-0.2, -0.15) is 0 Å². The summed E-state index contributed by atoms with van der Waals surface area (Å²) in [7, 11) is 1.67. The van der Waals surface area contributed by atoms with Crippen molar-refractivity contribution in [2.75, 3.05) is 7.11 Å². The van der Waals surface area contributed by atoms with Crippen molar-refractivity contribution in [1.82, 2.24) is 0 Å². The van der Waals surface area contributed by atoms with Crippen LogP contribution in [0.2, 0.25) is 5.02 Å². The van der Waals surface area contributed by atoms with Gasteiger partial charge in [0.2, 0.25) is 0 Å². The fourth-order valence-electron chi connectivity index (χ4n) is 2.58. The molecular weight excluding hydrogens is 292 g/mol. The summed E-state index contributed by atoms with van der Waals surface area (Å²) in [4.78, 5) is 0. The summed E-state index contributed by atoms with van der Waals surface area (Å²) in [5, 5.41) is 0.780. The maximum absolute atomic E-state index is 6.69. The summed E-state index contributed by atoms with van der Waals surface area (Å²) < 4.78 is 5.22. The third kappa shape index (κ3) is 2.86. The number of hydrogen-bond acceptors (Lipinski definition) is 1. The van der Waals surface area contributed by atoms with Gasteiger partial charge in [-0.1, -0.05) is 54.1 Å². The lowest BCUT2D eigenvalue weighted by atomic mass is 9.96. The van der Waals surface area contributed by atoms with Crippen LogP contribution in [-0.2, 0) is 0 Å². The number of methoxy groups -OCH3 is 1. The van der Waals surface area contributed by atoms with Crippen LogP contribution in [0.25, 0.3) is 22.3 Å². The topological polar surface area (TPSA) is 9.23 Å². The molecule has 0 atom stereocenters. The maximum atomic E-state index is 6.69. The highest BCUT2D eigenvalue weighted by atomic mass is 35.5. The first-order valence-electron chi connectivity index (χ1n) is 7.19. The van der Waals surface area contributed by atoms with Crippen LogP contribution in [0.15, 0.2) is 66.7 Å². The largest absolute Gasteiger partial charge is 0.497 e. The zero-order valence-electron chi connectivity index (χ0n) is 12.6. The maximum Gasteiger partial charge on any atom is 0.118 e. The van der Waals surface area contributed by atoms with E-state index in [1.54, 1.807) is 7.11 Å². The molecule has 0 spiro atoms. The first-order chi connectivity index (χ1) is 10.7. The summed E-state index contributed by atoms with van der Waals surface area (Å²) in [6.07, 6.45) is 0. The van der Waals surface area contributed by atoms with Gasteiger partial charge in [-0.05, 0) is 47.9 Å². The second kappa shape index (κ2) is 6.25. The van der Waals surface area contributed by atoms with Crippen LogP contribution in [0, 0.1) is 6.92 Å². The highest BCUT2D eigenvalue weighted by molar-refractivity contribution is 6.36. The molecule has 0 N–H and O–H groups in total. The summed E-state index contributed by atoms with van der Waals surface area (Å²) in [5.41, 5.74) is 5.52. The molecule has 0 radical (unpaired) electrons. The van der Waals surface area contributed by atoms with E-state index in [2.05, 4.69) is 31.2 Å². The van der Waals surface area contributed by atoms with Crippen LogP contribution >= 0.6 is 11.6 Å². The first kappa shape index (κ1) is 14.7. The average Bonchev–Trinajstić information content (AvgIpc) is 2.57. The highest BCUT2D eigenvalue weighted by Crippen LogP contribution is 2.38. The van der Waals surface area contributed by atoms with Gasteiger partial charge in [0, 0.05) is 11.1 Å². The van der Waals surface area contributed by atoms with Gasteiger partial charge in [0.25, 0.3) is 0 Å². The standard InChI is InChI=1S/C20H17ClO/c1-14-12-18(15-6-4-3-5-7-15)20(21)19(13-14)16-8-10-17(22-2)11-9-16/h3-13H,1-2H3. The molecule has 3 aromatic rings. The molecule has 0 saturated heterocycles. The molecule has 0 unspecified atom stereocenters. The van der Waals surface area contributed by atoms with Crippen molar-refractivity contribution in [2.24, 2.45) is 0 Å². The second-order valence-corrected chi connectivity index (χ2v) is 5.65. The number of benzene rings is 3. The second-order valence-electron chi connectivity index (χ2n) is 5.27. The lowest BCUT2D eigenvalue weighted by Gasteiger charge is -2.12. The van der Waals surface area contributed by atoms with Crippen molar-refractivity contribution in [3.8, 4) is 28.0 Å². The number of rotatable bonds is 3. The van der Waals surface area contributed by atoms with Gasteiger partial charge in [0.05, 0.1) is 12.1 Å². The zero-order chi connectivity index (χ0) is 15.5. The molecule has 0 bridgehead atoms. The molecule has 0 amide bonds. The molecule has 0 aliphatic carbocycles. The van der Waals surface area contributed by atoms with Crippen molar-refractivity contribution >= 4 is 11.6 Å². The highest BCUT2D eigenvalue weighted by Gasteiger charge is 2.11. The van der Waals surface area contributed by atoms with E-state index in [4.69, 9.17) is 16.3 Å². The van der Waals surface area contributed by atoms with Crippen LogP contribution in [0.1, 0.15) is 5.56 Å². The molecule has 0 aromatic heterocycles. The molecule has 0 saturated carbocycles. The Hall–Kier alpha value is -2.25. The smallest absolute Gasteiger partial charge is 0.118 e. The normalized spacial score (nSPS) is 10.5. The average molecular weight is 309 g/mol. The van der Waals surface area contributed by atoms with E-state index in [0.29, 0.717) is 0 Å². The van der Waals surface area contributed by atoms with Gasteiger partial charge < -0.3 is 4.74 Å². The summed E-state index contributed by atoms with van der Waals surface area (Å²) >= 11 is 6.69. The Balaban J connectivity index is 2.14. The third-order valence-corrected chi connectivity index (χ3v) is 4.11. The molecule has 110 valence electrons. The number of hydrogen-bond donors (Lipinski definition) is 0. The van der Waals surface area contributed by atoms with Crippen LogP contribution < -0.4 is 4.74 Å². The molecule has 2 heteroatoms. The molecule has 0 heterocycles. The fourth-order valence-corrected chi connectivity index (χ4v) is 2.90. The molecule has 0 aliphatic rings. The van der Waals surface area contributed by atoms with Crippen LogP contribution in [0.3, 0.4) is 0 Å². The summed E-state index contributed by atoms with van der Waals surface area (Å²) in [6, 6.07) is 22.5. The predicted molar refractivity (Wildman–Crippen MR) is 93.6 cm³/mol. The van der Waals surface area contributed by atoms with Gasteiger partial charge in [-0.3, -0.25) is 0 Å². The minimum absolute atomic E-state index is 0.780. The minimum atomic E-state index is 0.780. The molecule has 0 aliphatic heterocycles. The monoisotopic (exact) mass is 308 g/mol. The van der Waals surface area contributed by atoms with Crippen molar-refractivity contribution in [1.29, 1.82) is 0 Å². The van der Waals surface area contributed by atoms with Crippen LogP contribution in [0.4, 0.5) is 0 Å². The summed E-state index contributed by atoms with van der Waals surface area (Å²) in [6.45, 7) is 2.09. The van der Waals surface area contributed by atoms with Crippen LogP contribution in [0.5, 0.6) is 5.75 Å². The van der Waals surface area contributed by atoms with Gasteiger partial charge >= 0.3 is 0 Å². The summed E-state index contributed by atoms with van der Waals surface area (Å²) in [5.74, 6) is 0.843. The van der Waals surface area contributed by atoms with Crippen molar-refractivity contribution in [2.45, 2.75) is 6.92 Å². The van der Waals surface area contributed by atoms with E-state index in [9.17, 15) is 0 Å². The van der Waals surface area contributed by atoms with Gasteiger partial charge in [-0.25, -0.2) is 0 Å². The Kier molecular flexibility index (Phi) is 4.17. The molecular formula is C20H17ClO. The Labute approximate surface area is 136 Å². The SMILES string of the molecule is COc1ccc(-c2cc(C)cc(-c3ccccc3)c2Cl)cc1. The van der Waals surface area contributed by atoms with Crippen molar-refractivity contribution < 1.29 is 4.74 Å². The predicted octanol–water partition coefficient (Wildman–Crippen LogP) is 5.99. The zero-order valence-corrected chi connectivity index (χ0v) is 13.4. The van der Waals surface area contributed by atoms with Gasteiger partial charge in [0.1, 0.15) is 5.75 Å². The van der Waals surface area contributed by atoms with E-state index in [-0.39, 0.29) is 0 Å². The molecule has 3 rings (SSSR count). The number of aryl methyl sites for hydroxylation is 1. The fraction of sp³-hybridized carbons (Fsp3) is 0.100. The Morgan fingerprint density at radius 1 is 0.773 bits per heavy atom. The van der Waals surface area contributed by atoms with Crippen LogP contribution in [-0.4, -0.2) is 7.11 Å². The molecule has 1 nitrogen and oxygen atoms in total. The molecule has 22 heavy (non-hydrogen) atoms. The van der Waals surface area contributed by atoms with E-state index in [0.717, 1.165) is 33.0 Å². The van der Waals surface area contributed by atoms with Crippen molar-refractivity contribution in [3.63, 3.8) is 0 Å². The quantitative estimate of drug-likeness (QED) is 0.577. The Bertz CT molecular complexity index is 777. The van der Waals surface area contributed by atoms with Gasteiger partial charge in [-0.15, -0.1) is 0 Å². The van der Waals surface area contributed by atoms with E-state index in [1.807, 2.05) is 42.5 Å². The van der Waals surface area contributed by atoms with E-state index < -0.39 is 0 Å². The lowest BCUT2D eigenvalue weighted by Crippen LogP contribution is -1.88. The third-order valence-electron chi connectivity index (χ3n) is 3.70. The Morgan fingerprint density at radius 3 is 1.86 bits per heavy atom. The first-order valence-corrected chi connectivity index (χ1v) is 7.57. The lowest BCUT2D eigenvalue weighted by molar-refractivity contribution is 0.415. The molecule has 0 fully saturated rings. The minimum Gasteiger partial charge on any atom is -0.497 e. The number of halogens is 1. The number of ether oxygens (including phenoxy) is 1. The van der Waals surface area contributed by atoms with E-state index >= 15 is 0 Å². The molecule has 3 aromatic carbocycles. The van der Waals surface area contributed by atoms with E-state index in [1.165, 1.54) is 5.56 Å².